The lowest BCUT2D eigenvalue weighted by Crippen LogP contribution is -2.41. The summed E-state index contributed by atoms with van der Waals surface area (Å²) in [5.41, 5.74) is 0.112. The molecule has 208 valence electrons. The number of rotatable bonds is 7. The molecule has 0 saturated carbocycles. The third kappa shape index (κ3) is 5.93. The number of amides is 2. The number of halogens is 1. The Bertz CT molecular complexity index is 1420. The SMILES string of the molecule is C=Nc1c(O)c(C(=O)NCc2ccc(F)cc2C(=O)N2CCOCC2)nc(N2CCCCS2(=O)=O)c1/C=C\C. The molecule has 2 aliphatic heterocycles. The fraction of sp³-hybridized carbons (Fsp3) is 0.385. The summed E-state index contributed by atoms with van der Waals surface area (Å²) >= 11 is 0. The van der Waals surface area contributed by atoms with Crippen LogP contribution in [-0.2, 0) is 21.3 Å². The van der Waals surface area contributed by atoms with Gasteiger partial charge >= 0.3 is 0 Å². The summed E-state index contributed by atoms with van der Waals surface area (Å²) in [5, 5.41) is 13.5. The third-order valence-electron chi connectivity index (χ3n) is 6.49. The van der Waals surface area contributed by atoms with Crippen LogP contribution in [0.25, 0.3) is 6.08 Å². The number of anilines is 1. The molecule has 2 aliphatic rings. The van der Waals surface area contributed by atoms with E-state index < -0.39 is 39.1 Å². The quantitative estimate of drug-likeness (QED) is 0.497. The molecule has 1 aromatic carbocycles. The topological polar surface area (TPSA) is 142 Å². The first kappa shape index (κ1) is 28.2. The third-order valence-corrected chi connectivity index (χ3v) is 8.33. The van der Waals surface area contributed by atoms with E-state index in [2.05, 4.69) is 22.0 Å². The van der Waals surface area contributed by atoms with Crippen molar-refractivity contribution in [3.63, 3.8) is 0 Å². The fourth-order valence-electron chi connectivity index (χ4n) is 4.52. The number of aliphatic imine (C=N–C) groups is 1. The Morgan fingerprint density at radius 1 is 1.26 bits per heavy atom. The molecule has 39 heavy (non-hydrogen) atoms. The van der Waals surface area contributed by atoms with Crippen LogP contribution in [-0.4, -0.2) is 80.5 Å². The van der Waals surface area contributed by atoms with Crippen LogP contribution in [0.3, 0.4) is 0 Å². The van der Waals surface area contributed by atoms with Crippen LogP contribution in [0.4, 0.5) is 15.9 Å². The van der Waals surface area contributed by atoms with E-state index in [1.165, 1.54) is 12.1 Å². The summed E-state index contributed by atoms with van der Waals surface area (Å²) in [6.45, 7) is 6.61. The van der Waals surface area contributed by atoms with Gasteiger partial charge in [0.05, 0.1) is 19.0 Å². The second kappa shape index (κ2) is 11.9. The maximum Gasteiger partial charge on any atom is 0.274 e. The molecule has 13 heteroatoms. The van der Waals surface area contributed by atoms with Crippen molar-refractivity contribution < 1.29 is 32.2 Å². The van der Waals surface area contributed by atoms with Gasteiger partial charge in [0, 0.05) is 37.3 Å². The molecule has 0 radical (unpaired) electrons. The molecule has 1 aromatic heterocycles. The van der Waals surface area contributed by atoms with Crippen molar-refractivity contribution in [3.8, 4) is 5.75 Å². The molecular formula is C26H30FN5O6S. The molecule has 0 unspecified atom stereocenters. The van der Waals surface area contributed by atoms with Crippen LogP contribution in [0, 0.1) is 5.82 Å². The summed E-state index contributed by atoms with van der Waals surface area (Å²) in [6.07, 6.45) is 4.27. The molecule has 2 fully saturated rings. The zero-order valence-corrected chi connectivity index (χ0v) is 22.3. The van der Waals surface area contributed by atoms with E-state index >= 15 is 0 Å². The normalized spacial score (nSPS) is 17.3. The number of benzene rings is 1. The van der Waals surface area contributed by atoms with Gasteiger partial charge in [0.15, 0.2) is 17.3 Å². The number of carbonyl (C=O) groups is 2. The molecule has 2 N–H and O–H groups in total. The number of pyridine rings is 1. The second-order valence-electron chi connectivity index (χ2n) is 9.04. The smallest absolute Gasteiger partial charge is 0.274 e. The van der Waals surface area contributed by atoms with Gasteiger partial charge in [0.1, 0.15) is 11.5 Å². The van der Waals surface area contributed by atoms with E-state index in [0.29, 0.717) is 44.7 Å². The van der Waals surface area contributed by atoms with Gasteiger partial charge in [0.2, 0.25) is 10.0 Å². The van der Waals surface area contributed by atoms with Crippen LogP contribution in [0.2, 0.25) is 0 Å². The number of aromatic hydroxyl groups is 1. The molecule has 0 spiro atoms. The van der Waals surface area contributed by atoms with E-state index in [1.54, 1.807) is 24.0 Å². The molecule has 2 aromatic rings. The zero-order chi connectivity index (χ0) is 28.2. The maximum absolute atomic E-state index is 14.1. The van der Waals surface area contributed by atoms with Gasteiger partial charge in [-0.3, -0.25) is 18.9 Å². The number of nitrogens with zero attached hydrogens (tertiary/aromatic N) is 4. The number of morpholine rings is 1. The summed E-state index contributed by atoms with van der Waals surface area (Å²) in [4.78, 5) is 36.0. The van der Waals surface area contributed by atoms with Gasteiger partial charge in [-0.2, -0.15) is 0 Å². The average Bonchev–Trinajstić information content (AvgIpc) is 2.93. The Morgan fingerprint density at radius 3 is 2.67 bits per heavy atom. The first-order valence-electron chi connectivity index (χ1n) is 12.5. The van der Waals surface area contributed by atoms with Gasteiger partial charge in [-0.25, -0.2) is 17.8 Å². The average molecular weight is 560 g/mol. The first-order valence-corrected chi connectivity index (χ1v) is 14.1. The largest absolute Gasteiger partial charge is 0.504 e. The minimum Gasteiger partial charge on any atom is -0.504 e. The number of allylic oxidation sites excluding steroid dienone is 1. The fourth-order valence-corrected chi connectivity index (χ4v) is 6.12. The summed E-state index contributed by atoms with van der Waals surface area (Å²) in [5.74, 6) is -2.52. The predicted octanol–water partition coefficient (Wildman–Crippen LogP) is 2.62. The van der Waals surface area contributed by atoms with Crippen molar-refractivity contribution in [2.75, 3.05) is 42.9 Å². The van der Waals surface area contributed by atoms with E-state index in [0.717, 1.165) is 10.4 Å². The van der Waals surface area contributed by atoms with E-state index in [9.17, 15) is 27.5 Å². The van der Waals surface area contributed by atoms with Crippen LogP contribution in [0.1, 0.15) is 51.7 Å². The monoisotopic (exact) mass is 559 g/mol. The highest BCUT2D eigenvalue weighted by atomic mass is 32.2. The summed E-state index contributed by atoms with van der Waals surface area (Å²) in [7, 11) is -3.71. The zero-order valence-electron chi connectivity index (χ0n) is 21.5. The lowest BCUT2D eigenvalue weighted by atomic mass is 10.1. The summed E-state index contributed by atoms with van der Waals surface area (Å²) < 4.78 is 46.2. The maximum atomic E-state index is 14.1. The minimum absolute atomic E-state index is 0.0388. The van der Waals surface area contributed by atoms with Gasteiger partial charge in [0.25, 0.3) is 11.8 Å². The van der Waals surface area contributed by atoms with Crippen molar-refractivity contribution in [2.24, 2.45) is 4.99 Å². The molecule has 0 aliphatic carbocycles. The Kier molecular flexibility index (Phi) is 8.60. The Morgan fingerprint density at radius 2 is 2.00 bits per heavy atom. The van der Waals surface area contributed by atoms with Gasteiger partial charge in [-0.15, -0.1) is 0 Å². The second-order valence-corrected chi connectivity index (χ2v) is 11.0. The summed E-state index contributed by atoms with van der Waals surface area (Å²) in [6, 6.07) is 3.69. The Labute approximate surface area is 226 Å². The first-order chi connectivity index (χ1) is 18.7. The van der Waals surface area contributed by atoms with Crippen LogP contribution >= 0.6 is 0 Å². The number of ether oxygens (including phenoxy) is 1. The molecule has 11 nitrogen and oxygen atoms in total. The Balaban J connectivity index is 1.68. The molecule has 0 bridgehead atoms. The number of nitrogens with one attached hydrogen (secondary N) is 1. The van der Waals surface area contributed by atoms with Gasteiger partial charge in [-0.05, 0) is 44.2 Å². The van der Waals surface area contributed by atoms with Gasteiger partial charge < -0.3 is 20.1 Å². The van der Waals surface area contributed by atoms with Crippen LogP contribution in [0.5, 0.6) is 5.75 Å². The standard InChI is InChI=1S/C26H30FN5O6S/c1-3-6-19-21(28-2)23(33)22(30-24(19)32-9-4-5-14-39(32,36)37)25(34)29-16-17-7-8-18(27)15-20(17)26(35)31-10-12-38-13-11-31/h3,6-8,15,33H,2,4-5,9-14,16H2,1H3,(H,29,34)/b6-3-. The van der Waals surface area contributed by atoms with Gasteiger partial charge in [-0.1, -0.05) is 18.2 Å². The number of hydrogen-bond acceptors (Lipinski definition) is 8. The van der Waals surface area contributed by atoms with Crippen molar-refractivity contribution in [2.45, 2.75) is 26.3 Å². The molecule has 0 atom stereocenters. The molecular weight excluding hydrogens is 529 g/mol. The highest BCUT2D eigenvalue weighted by molar-refractivity contribution is 7.92. The highest BCUT2D eigenvalue weighted by Gasteiger charge is 2.32. The predicted molar refractivity (Wildman–Crippen MR) is 144 cm³/mol. The van der Waals surface area contributed by atoms with Crippen molar-refractivity contribution in [1.29, 1.82) is 0 Å². The number of hydrogen-bond donors (Lipinski definition) is 2. The van der Waals surface area contributed by atoms with Crippen LogP contribution in [0.15, 0.2) is 29.3 Å². The minimum atomic E-state index is -3.71. The molecule has 2 amide bonds. The lowest BCUT2D eigenvalue weighted by Gasteiger charge is -2.29. The Hall–Kier alpha value is -3.84. The number of sulfonamides is 1. The van der Waals surface area contributed by atoms with E-state index in [-0.39, 0.29) is 41.5 Å². The molecule has 4 rings (SSSR count). The lowest BCUT2D eigenvalue weighted by molar-refractivity contribution is 0.0301. The number of aromatic nitrogens is 1. The van der Waals surface area contributed by atoms with Crippen molar-refractivity contribution in [1.82, 2.24) is 15.2 Å². The van der Waals surface area contributed by atoms with E-state index in [4.69, 9.17) is 4.74 Å². The van der Waals surface area contributed by atoms with Crippen molar-refractivity contribution >= 4 is 46.1 Å². The van der Waals surface area contributed by atoms with Crippen molar-refractivity contribution in [3.05, 3.63) is 52.5 Å². The molecule has 3 heterocycles. The highest BCUT2D eigenvalue weighted by Crippen LogP contribution is 2.40. The van der Waals surface area contributed by atoms with Crippen LogP contribution < -0.4 is 9.62 Å². The van der Waals surface area contributed by atoms with E-state index in [1.807, 2.05) is 0 Å². The number of carbonyl (C=O) groups excluding carboxylic acids is 2. The molecule has 2 saturated heterocycles.